The molecule has 1 saturated heterocycles. The maximum Gasteiger partial charge on any atom is 0.338 e. The fraction of sp³-hybridized carbons (Fsp3) is 0.290. The minimum atomic E-state index is -0.644. The Morgan fingerprint density at radius 1 is 1.00 bits per heavy atom. The number of nitrogens with zero attached hydrogens (tertiary/aromatic N) is 2. The van der Waals surface area contributed by atoms with Gasteiger partial charge in [-0.1, -0.05) is 49.0 Å². The third-order valence-electron chi connectivity index (χ3n) is 6.10. The number of carbonyl (C=O) groups is 3. The predicted octanol–water partition coefficient (Wildman–Crippen LogP) is 5.86. The van der Waals surface area contributed by atoms with E-state index in [1.165, 1.54) is 11.8 Å². The summed E-state index contributed by atoms with van der Waals surface area (Å²) in [6, 6.07) is 23.8. The number of hydrogen-bond acceptors (Lipinski definition) is 7. The SMILES string of the molecule is CCCOc1ccc(NC(=O)C2CC(=O)N(CCc3ccccc3)C(=Nc3ccc(C(=O)OCC)cc3)S2)cc1. The number of anilines is 1. The van der Waals surface area contributed by atoms with Crippen molar-refractivity contribution in [3.63, 3.8) is 0 Å². The van der Waals surface area contributed by atoms with Crippen LogP contribution in [-0.4, -0.2) is 52.9 Å². The minimum Gasteiger partial charge on any atom is -0.494 e. The molecule has 3 aromatic rings. The zero-order chi connectivity index (χ0) is 28.3. The number of nitrogens with one attached hydrogen (secondary N) is 1. The van der Waals surface area contributed by atoms with Gasteiger partial charge in [0.05, 0.1) is 24.5 Å². The highest BCUT2D eigenvalue weighted by Gasteiger charge is 2.35. The molecule has 8 nitrogen and oxygen atoms in total. The molecule has 2 amide bonds. The van der Waals surface area contributed by atoms with E-state index in [4.69, 9.17) is 14.5 Å². The maximum atomic E-state index is 13.3. The molecule has 40 heavy (non-hydrogen) atoms. The van der Waals surface area contributed by atoms with E-state index in [9.17, 15) is 14.4 Å². The van der Waals surface area contributed by atoms with Gasteiger partial charge in [0.1, 0.15) is 11.0 Å². The second-order valence-corrected chi connectivity index (χ2v) is 10.3. The molecule has 0 aromatic heterocycles. The van der Waals surface area contributed by atoms with Crippen LogP contribution in [0, 0.1) is 0 Å². The van der Waals surface area contributed by atoms with Crippen molar-refractivity contribution in [2.45, 2.75) is 38.4 Å². The normalized spacial score (nSPS) is 16.1. The van der Waals surface area contributed by atoms with Crippen LogP contribution in [0.2, 0.25) is 0 Å². The predicted molar refractivity (Wildman–Crippen MR) is 158 cm³/mol. The first kappa shape index (κ1) is 28.9. The number of thioether (sulfide) groups is 1. The lowest BCUT2D eigenvalue weighted by molar-refractivity contribution is -0.129. The lowest BCUT2D eigenvalue weighted by Crippen LogP contribution is -2.46. The van der Waals surface area contributed by atoms with E-state index < -0.39 is 11.2 Å². The van der Waals surface area contributed by atoms with Gasteiger partial charge in [-0.15, -0.1) is 0 Å². The Morgan fingerprint density at radius 2 is 1.73 bits per heavy atom. The number of benzene rings is 3. The number of ether oxygens (including phenoxy) is 2. The number of amidine groups is 1. The molecule has 1 unspecified atom stereocenters. The molecular weight excluding hydrogens is 526 g/mol. The Hall–Kier alpha value is -4.11. The summed E-state index contributed by atoms with van der Waals surface area (Å²) in [7, 11) is 0. The second-order valence-electron chi connectivity index (χ2n) is 9.12. The Morgan fingerprint density at radius 3 is 2.40 bits per heavy atom. The molecule has 1 fully saturated rings. The first-order valence-corrected chi connectivity index (χ1v) is 14.2. The largest absolute Gasteiger partial charge is 0.494 e. The van der Waals surface area contributed by atoms with Gasteiger partial charge in [-0.2, -0.15) is 0 Å². The minimum absolute atomic E-state index is 0.0593. The first-order valence-electron chi connectivity index (χ1n) is 13.4. The summed E-state index contributed by atoms with van der Waals surface area (Å²) in [5.74, 6) is -0.108. The van der Waals surface area contributed by atoms with Crippen LogP contribution in [0.5, 0.6) is 5.75 Å². The van der Waals surface area contributed by atoms with Crippen molar-refractivity contribution in [2.75, 3.05) is 25.1 Å². The summed E-state index contributed by atoms with van der Waals surface area (Å²) in [5.41, 5.74) is 2.71. The summed E-state index contributed by atoms with van der Waals surface area (Å²) < 4.78 is 10.7. The topological polar surface area (TPSA) is 97.3 Å². The number of amides is 2. The van der Waals surface area contributed by atoms with Gasteiger partial charge in [-0.25, -0.2) is 9.79 Å². The molecular formula is C31H33N3O5S. The van der Waals surface area contributed by atoms with Gasteiger partial charge in [0.2, 0.25) is 11.8 Å². The third kappa shape index (κ3) is 7.95. The van der Waals surface area contributed by atoms with Crippen molar-refractivity contribution in [3.8, 4) is 5.75 Å². The molecule has 0 saturated carbocycles. The van der Waals surface area contributed by atoms with Crippen LogP contribution in [0.1, 0.15) is 42.6 Å². The monoisotopic (exact) mass is 559 g/mol. The molecule has 0 spiro atoms. The molecule has 1 heterocycles. The van der Waals surface area contributed by atoms with E-state index in [-0.39, 0.29) is 24.8 Å². The van der Waals surface area contributed by atoms with Gasteiger partial charge in [-0.05, 0) is 73.9 Å². The van der Waals surface area contributed by atoms with Crippen molar-refractivity contribution in [2.24, 2.45) is 4.99 Å². The van der Waals surface area contributed by atoms with Crippen molar-refractivity contribution >= 4 is 46.1 Å². The van der Waals surface area contributed by atoms with Crippen molar-refractivity contribution in [1.29, 1.82) is 0 Å². The molecule has 4 rings (SSSR count). The average molecular weight is 560 g/mol. The Bertz CT molecular complexity index is 1330. The van der Waals surface area contributed by atoms with Gasteiger partial charge in [-0.3, -0.25) is 14.5 Å². The molecule has 3 aromatic carbocycles. The Kier molecular flexibility index (Phi) is 10.3. The van der Waals surface area contributed by atoms with E-state index in [1.54, 1.807) is 48.2 Å². The van der Waals surface area contributed by atoms with E-state index in [1.807, 2.05) is 49.4 Å². The van der Waals surface area contributed by atoms with Crippen molar-refractivity contribution in [1.82, 2.24) is 4.90 Å². The van der Waals surface area contributed by atoms with Gasteiger partial charge in [0.25, 0.3) is 0 Å². The quantitative estimate of drug-likeness (QED) is 0.296. The number of aliphatic imine (C=N–C) groups is 1. The molecule has 9 heteroatoms. The first-order chi connectivity index (χ1) is 19.5. The Balaban J connectivity index is 1.51. The lowest BCUT2D eigenvalue weighted by atomic mass is 10.1. The number of carbonyl (C=O) groups excluding carboxylic acids is 3. The smallest absolute Gasteiger partial charge is 0.338 e. The summed E-state index contributed by atoms with van der Waals surface area (Å²) in [6.07, 6.45) is 1.62. The summed E-state index contributed by atoms with van der Waals surface area (Å²) in [5, 5.41) is 2.71. The summed E-state index contributed by atoms with van der Waals surface area (Å²) in [6.45, 7) is 5.14. The molecule has 208 valence electrons. The van der Waals surface area contributed by atoms with E-state index in [0.29, 0.717) is 41.7 Å². The fourth-order valence-electron chi connectivity index (χ4n) is 4.02. The second kappa shape index (κ2) is 14.3. The molecule has 1 atom stereocenters. The molecule has 0 aliphatic carbocycles. The molecule has 1 aliphatic rings. The zero-order valence-corrected chi connectivity index (χ0v) is 23.5. The zero-order valence-electron chi connectivity index (χ0n) is 22.7. The van der Waals surface area contributed by atoms with Crippen LogP contribution in [0.4, 0.5) is 11.4 Å². The number of rotatable bonds is 11. The maximum absolute atomic E-state index is 13.3. The molecule has 1 N–H and O–H groups in total. The van der Waals surface area contributed by atoms with Crippen LogP contribution in [0.3, 0.4) is 0 Å². The molecule has 0 radical (unpaired) electrons. The highest BCUT2D eigenvalue weighted by atomic mass is 32.2. The highest BCUT2D eigenvalue weighted by Crippen LogP contribution is 2.30. The highest BCUT2D eigenvalue weighted by molar-refractivity contribution is 8.15. The van der Waals surface area contributed by atoms with E-state index in [2.05, 4.69) is 5.32 Å². The van der Waals surface area contributed by atoms with Crippen LogP contribution in [0.15, 0.2) is 83.9 Å². The van der Waals surface area contributed by atoms with Crippen molar-refractivity contribution < 1.29 is 23.9 Å². The summed E-state index contributed by atoms with van der Waals surface area (Å²) in [4.78, 5) is 44.9. The Labute approximate surface area is 238 Å². The van der Waals surface area contributed by atoms with Crippen molar-refractivity contribution in [3.05, 3.63) is 90.0 Å². The lowest BCUT2D eigenvalue weighted by Gasteiger charge is -2.32. The van der Waals surface area contributed by atoms with Gasteiger partial charge < -0.3 is 14.8 Å². The number of hydrogen-bond donors (Lipinski definition) is 1. The van der Waals surface area contributed by atoms with Gasteiger partial charge >= 0.3 is 5.97 Å². The van der Waals surface area contributed by atoms with Crippen LogP contribution < -0.4 is 10.1 Å². The third-order valence-corrected chi connectivity index (χ3v) is 7.28. The molecule has 0 bridgehead atoms. The van der Waals surface area contributed by atoms with Crippen LogP contribution in [-0.2, 0) is 20.7 Å². The van der Waals surface area contributed by atoms with Crippen LogP contribution >= 0.6 is 11.8 Å². The van der Waals surface area contributed by atoms with Crippen LogP contribution in [0.25, 0.3) is 0 Å². The van der Waals surface area contributed by atoms with E-state index >= 15 is 0 Å². The number of esters is 1. The van der Waals surface area contributed by atoms with Gasteiger partial charge in [0, 0.05) is 18.7 Å². The standard InChI is InChI=1S/C31H33N3O5S/c1-3-20-39-26-16-14-24(15-17-26)32-29(36)27-21-28(35)34(19-18-22-8-6-5-7-9-22)31(40-27)33-25-12-10-23(11-13-25)30(37)38-4-2/h5-17,27H,3-4,18-21H2,1-2H3,(H,32,36). The summed E-state index contributed by atoms with van der Waals surface area (Å²) >= 11 is 1.26. The van der Waals surface area contributed by atoms with E-state index in [0.717, 1.165) is 17.7 Å². The average Bonchev–Trinajstić information content (AvgIpc) is 2.97. The fourth-order valence-corrected chi connectivity index (χ4v) is 5.15. The molecule has 1 aliphatic heterocycles. The van der Waals surface area contributed by atoms with Gasteiger partial charge in [0.15, 0.2) is 5.17 Å².